The third kappa shape index (κ3) is 5.16. The number of carbonyl (C=O) groups is 2. The first-order valence-electron chi connectivity index (χ1n) is 9.87. The molecular formula is C21H25ClN4O4S. The molecule has 1 aromatic carbocycles. The van der Waals surface area contributed by atoms with Crippen molar-refractivity contribution in [2.24, 2.45) is 5.41 Å². The molecule has 3 rings (SSSR count). The van der Waals surface area contributed by atoms with E-state index in [1.165, 1.54) is 17.4 Å². The molecule has 0 atom stereocenters. The van der Waals surface area contributed by atoms with Crippen molar-refractivity contribution in [1.82, 2.24) is 4.90 Å². The molecule has 1 aromatic heterocycles. The maximum atomic E-state index is 13.1. The maximum absolute atomic E-state index is 13.1. The van der Waals surface area contributed by atoms with Crippen molar-refractivity contribution in [2.45, 2.75) is 27.7 Å². The van der Waals surface area contributed by atoms with Crippen LogP contribution in [0.15, 0.2) is 24.3 Å². The Morgan fingerprint density at radius 1 is 1.16 bits per heavy atom. The summed E-state index contributed by atoms with van der Waals surface area (Å²) in [7, 11) is 0. The van der Waals surface area contributed by atoms with Crippen molar-refractivity contribution in [3.05, 3.63) is 49.8 Å². The van der Waals surface area contributed by atoms with Crippen LogP contribution in [0, 0.1) is 22.5 Å². The van der Waals surface area contributed by atoms with E-state index in [4.69, 9.17) is 11.6 Å². The minimum atomic E-state index is -0.525. The van der Waals surface area contributed by atoms with Crippen molar-refractivity contribution < 1.29 is 14.5 Å². The monoisotopic (exact) mass is 464 g/mol. The number of carbonyl (C=O) groups excluding carboxylic acids is 2. The number of halogens is 1. The third-order valence-corrected chi connectivity index (χ3v) is 6.45. The standard InChI is InChI=1S/C21H25ClN4O4S/c1-13-11-17(23-20(28)21(2,3)4)31-18(13)19(27)25-9-7-24(8-10-25)15-6-5-14(22)12-16(15)26(29)30/h5-6,11-12H,7-10H2,1-4H3,(H,23,28). The summed E-state index contributed by atoms with van der Waals surface area (Å²) in [6, 6.07) is 6.43. The number of thiophene rings is 1. The number of hydrogen-bond acceptors (Lipinski definition) is 6. The molecule has 0 radical (unpaired) electrons. The summed E-state index contributed by atoms with van der Waals surface area (Å²) in [6.45, 7) is 9.19. The van der Waals surface area contributed by atoms with Gasteiger partial charge in [-0.25, -0.2) is 0 Å². The van der Waals surface area contributed by atoms with Gasteiger partial charge in [-0.3, -0.25) is 19.7 Å². The molecule has 1 saturated heterocycles. The Labute approximate surface area is 189 Å². The lowest BCUT2D eigenvalue weighted by atomic mass is 9.96. The third-order valence-electron chi connectivity index (χ3n) is 5.07. The number of nitro benzene ring substituents is 1. The number of nitrogens with one attached hydrogen (secondary N) is 1. The molecule has 1 aliphatic heterocycles. The second-order valence-corrected chi connectivity index (χ2v) is 9.98. The number of aryl methyl sites for hydroxylation is 1. The molecule has 0 unspecified atom stereocenters. The Morgan fingerprint density at radius 2 is 1.81 bits per heavy atom. The highest BCUT2D eigenvalue weighted by Crippen LogP contribution is 2.33. The quantitative estimate of drug-likeness (QED) is 0.528. The average Bonchev–Trinajstić information content (AvgIpc) is 3.06. The van der Waals surface area contributed by atoms with Crippen LogP contribution in [-0.2, 0) is 4.79 Å². The van der Waals surface area contributed by atoms with Crippen molar-refractivity contribution >= 4 is 51.1 Å². The molecule has 166 valence electrons. The second-order valence-electron chi connectivity index (χ2n) is 8.50. The van der Waals surface area contributed by atoms with E-state index in [-0.39, 0.29) is 17.5 Å². The molecular weight excluding hydrogens is 440 g/mol. The van der Waals surface area contributed by atoms with E-state index in [1.54, 1.807) is 17.0 Å². The van der Waals surface area contributed by atoms with Crippen molar-refractivity contribution in [1.29, 1.82) is 0 Å². The molecule has 0 aliphatic carbocycles. The van der Waals surface area contributed by atoms with E-state index >= 15 is 0 Å². The molecule has 31 heavy (non-hydrogen) atoms. The summed E-state index contributed by atoms with van der Waals surface area (Å²) < 4.78 is 0. The zero-order valence-electron chi connectivity index (χ0n) is 17.9. The van der Waals surface area contributed by atoms with E-state index in [0.29, 0.717) is 46.8 Å². The van der Waals surface area contributed by atoms with Gasteiger partial charge in [-0.05, 0) is 30.7 Å². The number of nitro groups is 1. The zero-order valence-corrected chi connectivity index (χ0v) is 19.5. The number of anilines is 2. The van der Waals surface area contributed by atoms with E-state index < -0.39 is 10.3 Å². The Morgan fingerprint density at radius 3 is 2.39 bits per heavy atom. The van der Waals surface area contributed by atoms with Gasteiger partial charge in [0.25, 0.3) is 11.6 Å². The summed E-state index contributed by atoms with van der Waals surface area (Å²) >= 11 is 7.17. The van der Waals surface area contributed by atoms with Gasteiger partial charge in [0.2, 0.25) is 5.91 Å². The van der Waals surface area contributed by atoms with Crippen LogP contribution in [0.2, 0.25) is 5.02 Å². The minimum absolute atomic E-state index is 0.0411. The lowest BCUT2D eigenvalue weighted by Gasteiger charge is -2.35. The van der Waals surface area contributed by atoms with Crippen LogP contribution in [0.3, 0.4) is 0 Å². The molecule has 2 aromatic rings. The molecule has 8 nitrogen and oxygen atoms in total. The van der Waals surface area contributed by atoms with Crippen LogP contribution in [0.5, 0.6) is 0 Å². The number of nitrogens with zero attached hydrogens (tertiary/aromatic N) is 3. The molecule has 0 bridgehead atoms. The van der Waals surface area contributed by atoms with Crippen LogP contribution in [0.25, 0.3) is 0 Å². The smallest absolute Gasteiger partial charge is 0.294 e. The molecule has 0 saturated carbocycles. The van der Waals surface area contributed by atoms with E-state index in [9.17, 15) is 19.7 Å². The topological polar surface area (TPSA) is 95.8 Å². The van der Waals surface area contributed by atoms with E-state index in [0.717, 1.165) is 5.56 Å². The number of hydrogen-bond donors (Lipinski definition) is 1. The van der Waals surface area contributed by atoms with E-state index in [1.807, 2.05) is 38.7 Å². The predicted octanol–water partition coefficient (Wildman–Crippen LogP) is 4.57. The van der Waals surface area contributed by atoms with Crippen LogP contribution < -0.4 is 10.2 Å². The van der Waals surface area contributed by atoms with Crippen molar-refractivity contribution in [3.8, 4) is 0 Å². The fourth-order valence-electron chi connectivity index (χ4n) is 3.26. The van der Waals surface area contributed by atoms with Gasteiger partial charge >= 0.3 is 0 Å². The molecule has 1 N–H and O–H groups in total. The van der Waals surface area contributed by atoms with Crippen LogP contribution >= 0.6 is 22.9 Å². The van der Waals surface area contributed by atoms with Crippen LogP contribution in [-0.4, -0.2) is 47.8 Å². The Hall–Kier alpha value is -2.65. The summed E-state index contributed by atoms with van der Waals surface area (Å²) in [5.74, 6) is -0.199. The molecule has 1 aliphatic rings. The van der Waals surface area contributed by atoms with Gasteiger partial charge in [0, 0.05) is 42.7 Å². The first kappa shape index (κ1) is 23.0. The lowest BCUT2D eigenvalue weighted by molar-refractivity contribution is -0.384. The highest BCUT2D eigenvalue weighted by Gasteiger charge is 2.29. The Balaban J connectivity index is 1.69. The zero-order chi connectivity index (χ0) is 22.9. The average molecular weight is 465 g/mol. The highest BCUT2D eigenvalue weighted by molar-refractivity contribution is 7.18. The van der Waals surface area contributed by atoms with Gasteiger partial charge in [-0.2, -0.15) is 0 Å². The number of amides is 2. The molecule has 0 spiro atoms. The van der Waals surface area contributed by atoms with Gasteiger partial charge in [0.05, 0.1) is 14.8 Å². The largest absolute Gasteiger partial charge is 0.362 e. The molecule has 2 heterocycles. The predicted molar refractivity (Wildman–Crippen MR) is 123 cm³/mol. The maximum Gasteiger partial charge on any atom is 0.294 e. The SMILES string of the molecule is Cc1cc(NC(=O)C(C)(C)C)sc1C(=O)N1CCN(c2ccc(Cl)cc2[N+](=O)[O-])CC1. The van der Waals surface area contributed by atoms with Gasteiger partial charge in [0.1, 0.15) is 5.69 Å². The second kappa shape index (κ2) is 8.84. The van der Waals surface area contributed by atoms with Gasteiger partial charge < -0.3 is 15.1 Å². The number of rotatable bonds is 4. The van der Waals surface area contributed by atoms with Crippen LogP contribution in [0.4, 0.5) is 16.4 Å². The summed E-state index contributed by atoms with van der Waals surface area (Å²) in [5.41, 5.74) is 0.749. The number of piperazine rings is 1. The van der Waals surface area contributed by atoms with Crippen molar-refractivity contribution in [2.75, 3.05) is 36.4 Å². The molecule has 2 amide bonds. The van der Waals surface area contributed by atoms with Crippen LogP contribution in [0.1, 0.15) is 36.0 Å². The fraction of sp³-hybridized carbons (Fsp3) is 0.429. The first-order valence-corrected chi connectivity index (χ1v) is 11.1. The van der Waals surface area contributed by atoms with Gasteiger partial charge in [-0.15, -0.1) is 11.3 Å². The summed E-state index contributed by atoms with van der Waals surface area (Å²) in [5, 5.41) is 15.2. The summed E-state index contributed by atoms with van der Waals surface area (Å²) in [6.07, 6.45) is 0. The number of benzene rings is 1. The first-order chi connectivity index (χ1) is 14.5. The highest BCUT2D eigenvalue weighted by atomic mass is 35.5. The lowest BCUT2D eigenvalue weighted by Crippen LogP contribution is -2.48. The van der Waals surface area contributed by atoms with Gasteiger partial charge in [0.15, 0.2) is 0 Å². The van der Waals surface area contributed by atoms with E-state index in [2.05, 4.69) is 5.32 Å². The molecule has 1 fully saturated rings. The summed E-state index contributed by atoms with van der Waals surface area (Å²) in [4.78, 5) is 40.5. The fourth-order valence-corrected chi connectivity index (χ4v) is 4.46. The Bertz CT molecular complexity index is 1020. The Kier molecular flexibility index (Phi) is 6.56. The molecule has 10 heteroatoms. The van der Waals surface area contributed by atoms with Gasteiger partial charge in [-0.1, -0.05) is 32.4 Å². The van der Waals surface area contributed by atoms with Crippen molar-refractivity contribution in [3.63, 3.8) is 0 Å². The normalized spacial score (nSPS) is 14.5. The minimum Gasteiger partial charge on any atom is -0.362 e.